The first-order valence-electron chi connectivity index (χ1n) is 7.76. The third kappa shape index (κ3) is 4.01. The van der Waals surface area contributed by atoms with E-state index in [4.69, 9.17) is 10.3 Å². The van der Waals surface area contributed by atoms with Gasteiger partial charge in [-0.25, -0.2) is 0 Å². The Labute approximate surface area is 124 Å². The molecule has 1 saturated heterocycles. The summed E-state index contributed by atoms with van der Waals surface area (Å²) >= 11 is 0. The first-order chi connectivity index (χ1) is 10.2. The lowest BCUT2D eigenvalue weighted by Gasteiger charge is -2.31. The number of hydrogen-bond donors (Lipinski definition) is 2. The van der Waals surface area contributed by atoms with Crippen molar-refractivity contribution in [2.45, 2.75) is 38.8 Å². The number of carbonyl (C=O) groups excluding carboxylic acids is 1. The Hall–Kier alpha value is -1.47. The summed E-state index contributed by atoms with van der Waals surface area (Å²) in [5, 5.41) is 6.99. The fraction of sp³-hybridized carbons (Fsp3) is 0.786. The Bertz CT molecular complexity index is 485. The second kappa shape index (κ2) is 6.53. The number of hydrogen-bond acceptors (Lipinski definition) is 6. The monoisotopic (exact) mass is 293 g/mol. The van der Waals surface area contributed by atoms with Crippen molar-refractivity contribution in [1.82, 2.24) is 20.4 Å². The van der Waals surface area contributed by atoms with Crippen LogP contribution >= 0.6 is 0 Å². The van der Waals surface area contributed by atoms with Crippen LogP contribution in [-0.4, -0.2) is 40.6 Å². The molecule has 0 bridgehead atoms. The van der Waals surface area contributed by atoms with E-state index in [2.05, 4.69) is 20.4 Å². The molecule has 0 aromatic carbocycles. The second-order valence-electron chi connectivity index (χ2n) is 6.07. The summed E-state index contributed by atoms with van der Waals surface area (Å²) in [4.78, 5) is 18.6. The van der Waals surface area contributed by atoms with Crippen molar-refractivity contribution < 1.29 is 9.32 Å². The highest BCUT2D eigenvalue weighted by atomic mass is 16.5. The van der Waals surface area contributed by atoms with E-state index in [1.807, 2.05) is 0 Å². The minimum absolute atomic E-state index is 0.0818. The maximum Gasteiger partial charge on any atom is 0.240 e. The van der Waals surface area contributed by atoms with Crippen LogP contribution in [-0.2, 0) is 17.9 Å². The van der Waals surface area contributed by atoms with Gasteiger partial charge in [-0.1, -0.05) is 5.16 Å². The van der Waals surface area contributed by atoms with Gasteiger partial charge in [0.2, 0.25) is 11.8 Å². The van der Waals surface area contributed by atoms with Gasteiger partial charge in [0.1, 0.15) is 0 Å². The van der Waals surface area contributed by atoms with Crippen LogP contribution < -0.4 is 11.1 Å². The molecular weight excluding hydrogens is 270 g/mol. The first kappa shape index (κ1) is 14.5. The van der Waals surface area contributed by atoms with Crippen LogP contribution in [0.25, 0.3) is 0 Å². The predicted octanol–water partition coefficient (Wildman–Crippen LogP) is 0.266. The van der Waals surface area contributed by atoms with E-state index in [0.717, 1.165) is 38.4 Å². The zero-order chi connectivity index (χ0) is 14.7. The molecule has 7 nitrogen and oxygen atoms in total. The minimum Gasteiger partial charge on any atom is -0.356 e. The number of aromatic nitrogens is 2. The lowest BCUT2D eigenvalue weighted by molar-refractivity contribution is -0.126. The number of carbonyl (C=O) groups is 1. The maximum atomic E-state index is 12.2. The molecule has 21 heavy (non-hydrogen) atoms. The number of nitrogens with zero attached hydrogens (tertiary/aromatic N) is 3. The molecule has 1 amide bonds. The van der Waals surface area contributed by atoms with Gasteiger partial charge < -0.3 is 15.6 Å². The summed E-state index contributed by atoms with van der Waals surface area (Å²) < 4.78 is 5.01. The largest absolute Gasteiger partial charge is 0.356 e. The van der Waals surface area contributed by atoms with E-state index in [0.29, 0.717) is 18.3 Å². The topological polar surface area (TPSA) is 97.3 Å². The normalized spacial score (nSPS) is 23.2. The van der Waals surface area contributed by atoms with E-state index in [-0.39, 0.29) is 18.4 Å². The smallest absolute Gasteiger partial charge is 0.240 e. The van der Waals surface area contributed by atoms with Crippen molar-refractivity contribution in [3.05, 3.63) is 11.7 Å². The van der Waals surface area contributed by atoms with Gasteiger partial charge in [-0.3, -0.25) is 9.69 Å². The highest BCUT2D eigenvalue weighted by Gasteiger charge is 2.28. The number of piperidine rings is 1. The highest BCUT2D eigenvalue weighted by Crippen LogP contribution is 2.28. The Kier molecular flexibility index (Phi) is 4.50. The summed E-state index contributed by atoms with van der Waals surface area (Å²) in [5.41, 5.74) is 5.46. The van der Waals surface area contributed by atoms with Crippen LogP contribution in [0.15, 0.2) is 4.52 Å². The number of nitrogens with one attached hydrogen (secondary N) is 1. The quantitative estimate of drug-likeness (QED) is 0.781. The number of amides is 1. The highest BCUT2D eigenvalue weighted by molar-refractivity contribution is 5.79. The number of likely N-dealkylation sites (tertiary alicyclic amines) is 1. The van der Waals surface area contributed by atoms with E-state index in [9.17, 15) is 4.79 Å². The molecule has 2 heterocycles. The molecule has 1 aromatic rings. The molecule has 3 N–H and O–H groups in total. The van der Waals surface area contributed by atoms with Gasteiger partial charge in [0, 0.05) is 13.1 Å². The van der Waals surface area contributed by atoms with E-state index in [1.165, 1.54) is 12.8 Å². The van der Waals surface area contributed by atoms with Gasteiger partial charge in [-0.2, -0.15) is 4.98 Å². The van der Waals surface area contributed by atoms with Crippen LogP contribution in [0.2, 0.25) is 0 Å². The Morgan fingerprint density at radius 3 is 3.00 bits per heavy atom. The summed E-state index contributed by atoms with van der Waals surface area (Å²) in [6, 6.07) is 0. The Morgan fingerprint density at radius 2 is 2.29 bits per heavy atom. The number of rotatable bonds is 6. The third-order valence-electron chi connectivity index (χ3n) is 4.19. The van der Waals surface area contributed by atoms with Crippen molar-refractivity contribution in [3.63, 3.8) is 0 Å². The van der Waals surface area contributed by atoms with Crippen LogP contribution in [0.5, 0.6) is 0 Å². The molecule has 1 saturated carbocycles. The Balaban J connectivity index is 1.48. The van der Waals surface area contributed by atoms with Crippen molar-refractivity contribution in [3.8, 4) is 0 Å². The van der Waals surface area contributed by atoms with Crippen LogP contribution in [0, 0.1) is 11.8 Å². The molecule has 0 radical (unpaired) electrons. The minimum atomic E-state index is 0.0818. The van der Waals surface area contributed by atoms with Gasteiger partial charge in [0.05, 0.1) is 19.0 Å². The third-order valence-corrected chi connectivity index (χ3v) is 4.19. The van der Waals surface area contributed by atoms with Crippen LogP contribution in [0.1, 0.15) is 37.4 Å². The molecule has 7 heteroatoms. The standard InChI is InChI=1S/C14H23N5O2/c15-6-13-17-12(18-21-13)9-19-5-1-2-11(8-19)14(20)16-7-10-3-4-10/h10-11H,1-9,15H2,(H,16,20). The van der Waals surface area contributed by atoms with Gasteiger partial charge in [0.15, 0.2) is 5.82 Å². The molecule has 1 aliphatic heterocycles. The molecule has 1 atom stereocenters. The van der Waals surface area contributed by atoms with Gasteiger partial charge >= 0.3 is 0 Å². The molecule has 1 unspecified atom stereocenters. The van der Waals surface area contributed by atoms with Crippen molar-refractivity contribution in [2.24, 2.45) is 17.6 Å². The summed E-state index contributed by atoms with van der Waals surface area (Å²) in [5.74, 6) is 2.11. The zero-order valence-corrected chi connectivity index (χ0v) is 12.3. The molecule has 2 aliphatic rings. The summed E-state index contributed by atoms with van der Waals surface area (Å²) in [6.07, 6.45) is 4.52. The zero-order valence-electron chi connectivity index (χ0n) is 12.3. The van der Waals surface area contributed by atoms with Crippen molar-refractivity contribution >= 4 is 5.91 Å². The summed E-state index contributed by atoms with van der Waals surface area (Å²) in [6.45, 7) is 3.47. The van der Waals surface area contributed by atoms with Crippen molar-refractivity contribution in [2.75, 3.05) is 19.6 Å². The van der Waals surface area contributed by atoms with Crippen LogP contribution in [0.3, 0.4) is 0 Å². The summed E-state index contributed by atoms with van der Waals surface area (Å²) in [7, 11) is 0. The lowest BCUT2D eigenvalue weighted by atomic mass is 9.97. The van der Waals surface area contributed by atoms with Crippen molar-refractivity contribution in [1.29, 1.82) is 0 Å². The van der Waals surface area contributed by atoms with E-state index < -0.39 is 0 Å². The maximum absolute atomic E-state index is 12.2. The average Bonchev–Trinajstić information content (AvgIpc) is 3.23. The van der Waals surface area contributed by atoms with Gasteiger partial charge in [0.25, 0.3) is 0 Å². The van der Waals surface area contributed by atoms with E-state index >= 15 is 0 Å². The number of nitrogens with two attached hydrogens (primary N) is 1. The second-order valence-corrected chi connectivity index (χ2v) is 6.07. The lowest BCUT2D eigenvalue weighted by Crippen LogP contribution is -2.43. The molecule has 116 valence electrons. The first-order valence-corrected chi connectivity index (χ1v) is 7.76. The molecular formula is C14H23N5O2. The fourth-order valence-electron chi connectivity index (χ4n) is 2.76. The van der Waals surface area contributed by atoms with Crippen LogP contribution in [0.4, 0.5) is 0 Å². The molecule has 1 aliphatic carbocycles. The molecule has 0 spiro atoms. The van der Waals surface area contributed by atoms with Gasteiger partial charge in [-0.05, 0) is 38.1 Å². The van der Waals surface area contributed by atoms with E-state index in [1.54, 1.807) is 0 Å². The average molecular weight is 293 g/mol. The molecule has 2 fully saturated rings. The Morgan fingerprint density at radius 1 is 1.43 bits per heavy atom. The SMILES string of the molecule is NCc1nc(CN2CCCC(C(=O)NCC3CC3)C2)no1. The van der Waals surface area contributed by atoms with Gasteiger partial charge in [-0.15, -0.1) is 0 Å². The predicted molar refractivity (Wildman–Crippen MR) is 75.9 cm³/mol. The molecule has 3 rings (SSSR count). The molecule has 1 aromatic heterocycles. The fourth-order valence-corrected chi connectivity index (χ4v) is 2.76.